The maximum atomic E-state index is 4.30. The van der Waals surface area contributed by atoms with Crippen molar-refractivity contribution in [1.82, 2.24) is 4.57 Å². The lowest BCUT2D eigenvalue weighted by Crippen LogP contribution is -1.97. The first kappa shape index (κ1) is 34.3. The number of para-hydroxylation sites is 2. The summed E-state index contributed by atoms with van der Waals surface area (Å²) in [7, 11) is 0. The predicted molar refractivity (Wildman–Crippen MR) is 227 cm³/mol. The average molecular weight is 672 g/mol. The van der Waals surface area contributed by atoms with Crippen LogP contribution in [0.1, 0.15) is 43.0 Å². The molecule has 1 heterocycles. The summed E-state index contributed by atoms with van der Waals surface area (Å²) < 4.78 is 2.42. The zero-order valence-corrected chi connectivity index (χ0v) is 30.6. The Kier molecular flexibility index (Phi) is 10.1. The molecule has 6 aromatic carbocycles. The highest BCUT2D eigenvalue weighted by Gasteiger charge is 2.17. The Labute approximate surface area is 308 Å². The van der Waals surface area contributed by atoms with Crippen LogP contribution in [0, 0.1) is 6.92 Å². The van der Waals surface area contributed by atoms with Gasteiger partial charge in [0.05, 0.1) is 16.7 Å². The SMILES string of the molecule is C=C/C(Cc1cccc(C(/C=C\C)=C/C)c1)=C(\C=C/C)c1cc(-c2ccc3c(c2)c2ccccc2n3-c2ccccc2-c2ccccc2)ccc1C. The van der Waals surface area contributed by atoms with Gasteiger partial charge in [-0.25, -0.2) is 0 Å². The lowest BCUT2D eigenvalue weighted by molar-refractivity contribution is 1.18. The fourth-order valence-electron chi connectivity index (χ4n) is 7.47. The van der Waals surface area contributed by atoms with Gasteiger partial charge in [-0.1, -0.05) is 152 Å². The molecule has 0 bridgehead atoms. The summed E-state index contributed by atoms with van der Waals surface area (Å²) in [6.45, 7) is 12.8. The number of rotatable bonds is 10. The molecule has 1 nitrogen and oxygen atoms in total. The Morgan fingerprint density at radius 2 is 1.33 bits per heavy atom. The second kappa shape index (κ2) is 15.4. The molecule has 0 saturated heterocycles. The molecule has 0 radical (unpaired) electrons. The summed E-state index contributed by atoms with van der Waals surface area (Å²) in [6.07, 6.45) is 13.6. The predicted octanol–water partition coefficient (Wildman–Crippen LogP) is 14.2. The number of aryl methyl sites for hydroxylation is 1. The van der Waals surface area contributed by atoms with Gasteiger partial charge in [0.25, 0.3) is 0 Å². The van der Waals surface area contributed by atoms with E-state index in [4.69, 9.17) is 0 Å². The van der Waals surface area contributed by atoms with Crippen LogP contribution in [0.4, 0.5) is 0 Å². The topological polar surface area (TPSA) is 4.93 Å². The van der Waals surface area contributed by atoms with Gasteiger partial charge in [-0.05, 0) is 120 Å². The maximum absolute atomic E-state index is 4.30. The first-order chi connectivity index (χ1) is 25.5. The van der Waals surface area contributed by atoms with Gasteiger partial charge in [0.2, 0.25) is 0 Å². The third kappa shape index (κ3) is 6.66. The minimum absolute atomic E-state index is 0.795. The summed E-state index contributed by atoms with van der Waals surface area (Å²) in [6, 6.07) is 50.9. The average Bonchev–Trinajstić information content (AvgIpc) is 3.52. The standard InChI is InChI=1S/C51H45N/c1-6-18-38(8-3)41-23-17-20-37(33-41)32-39(9-4)44(19-7-2)47-34-42(29-28-36(47)5)43-30-31-51-48(35-43)46-25-14-16-27-50(46)52(51)49-26-15-13-24-45(49)40-21-11-10-12-22-40/h6-31,33-35H,4,32H2,1-3,5H3/b18-6-,19-7-,38-8+,44-39-. The normalized spacial score (nSPS) is 12.7. The van der Waals surface area contributed by atoms with Crippen molar-refractivity contribution in [3.63, 3.8) is 0 Å². The third-order valence-corrected chi connectivity index (χ3v) is 10.0. The van der Waals surface area contributed by atoms with Gasteiger partial charge in [-0.3, -0.25) is 0 Å². The van der Waals surface area contributed by atoms with E-state index in [0.29, 0.717) is 0 Å². The van der Waals surface area contributed by atoms with Crippen LogP contribution in [0.3, 0.4) is 0 Å². The van der Waals surface area contributed by atoms with Gasteiger partial charge in [-0.2, -0.15) is 0 Å². The van der Waals surface area contributed by atoms with Crippen molar-refractivity contribution in [3.8, 4) is 27.9 Å². The highest BCUT2D eigenvalue weighted by Crippen LogP contribution is 2.39. The summed E-state index contributed by atoms with van der Waals surface area (Å²) in [5, 5.41) is 2.49. The van der Waals surface area contributed by atoms with E-state index in [1.807, 2.05) is 6.08 Å². The molecule has 0 aliphatic heterocycles. The monoisotopic (exact) mass is 671 g/mol. The third-order valence-electron chi connectivity index (χ3n) is 10.0. The molecule has 1 aromatic heterocycles. The van der Waals surface area contributed by atoms with Gasteiger partial charge in [0.15, 0.2) is 0 Å². The summed E-state index contributed by atoms with van der Waals surface area (Å²) >= 11 is 0. The van der Waals surface area contributed by atoms with Gasteiger partial charge in [0.1, 0.15) is 0 Å². The number of benzene rings is 6. The van der Waals surface area contributed by atoms with Crippen molar-refractivity contribution < 1.29 is 0 Å². The highest BCUT2D eigenvalue weighted by atomic mass is 15.0. The molecule has 0 spiro atoms. The van der Waals surface area contributed by atoms with E-state index in [0.717, 1.165) is 6.42 Å². The van der Waals surface area contributed by atoms with Crippen molar-refractivity contribution in [2.75, 3.05) is 0 Å². The van der Waals surface area contributed by atoms with Crippen LogP contribution < -0.4 is 0 Å². The van der Waals surface area contributed by atoms with E-state index in [2.05, 4.69) is 209 Å². The minimum Gasteiger partial charge on any atom is -0.309 e. The van der Waals surface area contributed by atoms with Crippen LogP contribution >= 0.6 is 0 Å². The molecular formula is C51H45N. The molecule has 7 aromatic rings. The van der Waals surface area contributed by atoms with E-state index in [1.165, 1.54) is 88.7 Å². The Balaban J connectivity index is 1.34. The van der Waals surface area contributed by atoms with E-state index in [9.17, 15) is 0 Å². The molecule has 7 rings (SSSR count). The zero-order valence-electron chi connectivity index (χ0n) is 30.6. The zero-order chi connectivity index (χ0) is 36.0. The van der Waals surface area contributed by atoms with Crippen molar-refractivity contribution in [2.45, 2.75) is 34.1 Å². The number of nitrogens with zero attached hydrogens (tertiary/aromatic N) is 1. The number of allylic oxidation sites excluding steroid dienone is 9. The first-order valence-corrected chi connectivity index (χ1v) is 18.2. The Hall–Kier alpha value is -6.18. The Morgan fingerprint density at radius 3 is 2.12 bits per heavy atom. The number of hydrogen-bond acceptors (Lipinski definition) is 0. The van der Waals surface area contributed by atoms with E-state index < -0.39 is 0 Å². The summed E-state index contributed by atoms with van der Waals surface area (Å²) in [5.74, 6) is 0. The van der Waals surface area contributed by atoms with Gasteiger partial charge < -0.3 is 4.57 Å². The molecule has 254 valence electrons. The highest BCUT2D eigenvalue weighted by molar-refractivity contribution is 6.11. The Bertz CT molecular complexity index is 2530. The molecule has 0 unspecified atom stereocenters. The largest absolute Gasteiger partial charge is 0.309 e. The van der Waals surface area contributed by atoms with Gasteiger partial charge in [0, 0.05) is 16.3 Å². The minimum atomic E-state index is 0.795. The van der Waals surface area contributed by atoms with Crippen molar-refractivity contribution in [1.29, 1.82) is 0 Å². The van der Waals surface area contributed by atoms with Crippen molar-refractivity contribution in [2.24, 2.45) is 0 Å². The molecule has 0 saturated carbocycles. The van der Waals surface area contributed by atoms with Crippen LogP contribution in [0.25, 0.3) is 60.9 Å². The number of fused-ring (bicyclic) bond motifs is 3. The van der Waals surface area contributed by atoms with Crippen molar-refractivity contribution in [3.05, 3.63) is 210 Å². The first-order valence-electron chi connectivity index (χ1n) is 18.2. The molecule has 52 heavy (non-hydrogen) atoms. The smallest absolute Gasteiger partial charge is 0.0541 e. The Morgan fingerprint density at radius 1 is 0.615 bits per heavy atom. The second-order valence-electron chi connectivity index (χ2n) is 13.3. The molecule has 0 aliphatic rings. The molecular weight excluding hydrogens is 627 g/mol. The molecule has 0 atom stereocenters. The fraction of sp³-hybridized carbons (Fsp3) is 0.0980. The lowest BCUT2D eigenvalue weighted by atomic mass is 9.89. The molecule has 0 amide bonds. The molecule has 0 aliphatic carbocycles. The molecule has 0 fully saturated rings. The van der Waals surface area contributed by atoms with Crippen LogP contribution in [0.5, 0.6) is 0 Å². The van der Waals surface area contributed by atoms with Crippen molar-refractivity contribution >= 4 is 33.0 Å². The fourth-order valence-corrected chi connectivity index (χ4v) is 7.47. The lowest BCUT2D eigenvalue weighted by Gasteiger charge is -2.16. The van der Waals surface area contributed by atoms with Gasteiger partial charge in [-0.15, -0.1) is 0 Å². The van der Waals surface area contributed by atoms with E-state index >= 15 is 0 Å². The van der Waals surface area contributed by atoms with Crippen LogP contribution in [0.2, 0.25) is 0 Å². The second-order valence-corrected chi connectivity index (χ2v) is 13.3. The summed E-state index contributed by atoms with van der Waals surface area (Å²) in [5.41, 5.74) is 17.0. The van der Waals surface area contributed by atoms with Crippen LogP contribution in [-0.4, -0.2) is 4.57 Å². The molecule has 1 heteroatoms. The molecule has 0 N–H and O–H groups in total. The number of aromatic nitrogens is 1. The van der Waals surface area contributed by atoms with E-state index in [-0.39, 0.29) is 0 Å². The van der Waals surface area contributed by atoms with Crippen LogP contribution in [-0.2, 0) is 6.42 Å². The maximum Gasteiger partial charge on any atom is 0.0541 e. The van der Waals surface area contributed by atoms with E-state index in [1.54, 1.807) is 0 Å². The number of hydrogen-bond donors (Lipinski definition) is 0. The summed E-state index contributed by atoms with van der Waals surface area (Å²) in [4.78, 5) is 0. The van der Waals surface area contributed by atoms with Gasteiger partial charge >= 0.3 is 0 Å². The van der Waals surface area contributed by atoms with Crippen LogP contribution in [0.15, 0.2) is 188 Å². The quantitative estimate of drug-likeness (QED) is 0.128.